The van der Waals surface area contributed by atoms with Crippen LogP contribution in [0.15, 0.2) is 0 Å². The fourth-order valence-corrected chi connectivity index (χ4v) is 1.93. The number of aliphatic hydroxyl groups is 3. The van der Waals surface area contributed by atoms with Crippen molar-refractivity contribution < 1.29 is 24.9 Å². The fraction of sp³-hybridized carbons (Fsp3) is 0.938. The van der Waals surface area contributed by atoms with Crippen molar-refractivity contribution in [2.45, 2.75) is 73.2 Å². The van der Waals surface area contributed by atoms with E-state index in [0.29, 0.717) is 0 Å². The van der Waals surface area contributed by atoms with Gasteiger partial charge in [0.25, 0.3) is 0 Å². The number of ether oxygens (including phenoxy) is 1. The zero-order valence-corrected chi connectivity index (χ0v) is 14.4. The average Bonchev–Trinajstić information content (AvgIpc) is 2.33. The number of hydrogen-bond acceptors (Lipinski definition) is 5. The molecule has 0 aliphatic rings. The van der Waals surface area contributed by atoms with Gasteiger partial charge in [0.2, 0.25) is 0 Å². The van der Waals surface area contributed by atoms with Crippen LogP contribution >= 0.6 is 0 Å². The predicted octanol–water partition coefficient (Wildman–Crippen LogP) is 2.08. The maximum absolute atomic E-state index is 12.2. The maximum atomic E-state index is 12.2. The summed E-state index contributed by atoms with van der Waals surface area (Å²) < 4.78 is 5.20. The second-order valence-electron chi connectivity index (χ2n) is 7.86. The van der Waals surface area contributed by atoms with Crippen LogP contribution in [-0.4, -0.2) is 39.8 Å². The fourth-order valence-electron chi connectivity index (χ4n) is 1.93. The third-order valence-corrected chi connectivity index (χ3v) is 3.63. The molecular formula is C16H32O5. The van der Waals surface area contributed by atoms with Crippen LogP contribution in [0.2, 0.25) is 0 Å². The molecule has 0 aliphatic heterocycles. The molecule has 5 heteroatoms. The smallest absolute Gasteiger partial charge is 0.314 e. The lowest BCUT2D eigenvalue weighted by molar-refractivity contribution is -0.261. The van der Waals surface area contributed by atoms with Crippen molar-refractivity contribution in [1.82, 2.24) is 0 Å². The van der Waals surface area contributed by atoms with E-state index in [1.807, 2.05) is 34.6 Å². The lowest BCUT2D eigenvalue weighted by Crippen LogP contribution is -2.54. The first kappa shape index (κ1) is 20.3. The van der Waals surface area contributed by atoms with Crippen LogP contribution < -0.4 is 0 Å². The van der Waals surface area contributed by atoms with Gasteiger partial charge in [0.05, 0.1) is 12.0 Å². The van der Waals surface area contributed by atoms with Gasteiger partial charge in [-0.25, -0.2) is 0 Å². The summed E-state index contributed by atoms with van der Waals surface area (Å²) in [5, 5.41) is 30.4. The van der Waals surface area contributed by atoms with Crippen LogP contribution in [0.4, 0.5) is 0 Å². The summed E-state index contributed by atoms with van der Waals surface area (Å²) in [6, 6.07) is 0. The minimum absolute atomic E-state index is 0.000642. The highest BCUT2D eigenvalue weighted by atomic mass is 16.5. The normalized spacial score (nSPS) is 16.5. The molecule has 0 saturated carbocycles. The molecule has 0 rings (SSSR count). The standard InChI is InChI=1S/C16H32O5/c1-8-11(2)9-16(19,20)12(17)15(6,7)13(18)21-10-14(3,4)5/h11-12,17,19-20H,8-10H2,1-7H3. The largest absolute Gasteiger partial charge is 0.465 e. The second-order valence-corrected chi connectivity index (χ2v) is 7.86. The molecule has 0 spiro atoms. The highest BCUT2D eigenvalue weighted by molar-refractivity contribution is 5.76. The SMILES string of the molecule is CCC(C)CC(O)(O)C(O)C(C)(C)C(=O)OCC(C)(C)C. The number of rotatable bonds is 7. The van der Waals surface area contributed by atoms with Gasteiger partial charge in [0.15, 0.2) is 5.79 Å². The first-order valence-electron chi connectivity index (χ1n) is 7.54. The van der Waals surface area contributed by atoms with E-state index in [-0.39, 0.29) is 24.4 Å². The molecule has 5 nitrogen and oxygen atoms in total. The van der Waals surface area contributed by atoms with Crippen molar-refractivity contribution >= 4 is 5.97 Å². The molecule has 126 valence electrons. The van der Waals surface area contributed by atoms with Gasteiger partial charge in [-0.1, -0.05) is 41.0 Å². The van der Waals surface area contributed by atoms with E-state index in [1.165, 1.54) is 13.8 Å². The van der Waals surface area contributed by atoms with Crippen LogP contribution in [0.5, 0.6) is 0 Å². The summed E-state index contributed by atoms with van der Waals surface area (Å²) in [5.41, 5.74) is -1.59. The van der Waals surface area contributed by atoms with Crippen molar-refractivity contribution in [3.63, 3.8) is 0 Å². The van der Waals surface area contributed by atoms with Crippen molar-refractivity contribution in [3.8, 4) is 0 Å². The molecule has 0 aromatic rings. The molecule has 0 amide bonds. The van der Waals surface area contributed by atoms with Crippen molar-refractivity contribution in [2.24, 2.45) is 16.7 Å². The Balaban J connectivity index is 4.91. The van der Waals surface area contributed by atoms with Gasteiger partial charge in [0.1, 0.15) is 6.10 Å². The van der Waals surface area contributed by atoms with E-state index >= 15 is 0 Å². The molecule has 2 unspecified atom stereocenters. The Kier molecular flexibility index (Phi) is 6.85. The predicted molar refractivity (Wildman–Crippen MR) is 81.4 cm³/mol. The lowest BCUT2D eigenvalue weighted by atomic mass is 9.79. The Morgan fingerprint density at radius 1 is 1.14 bits per heavy atom. The number of aliphatic hydroxyl groups excluding tert-OH is 1. The minimum Gasteiger partial charge on any atom is -0.465 e. The Morgan fingerprint density at radius 3 is 2.00 bits per heavy atom. The molecular weight excluding hydrogens is 272 g/mol. The van der Waals surface area contributed by atoms with Gasteiger partial charge in [-0.15, -0.1) is 0 Å². The van der Waals surface area contributed by atoms with Gasteiger partial charge in [0, 0.05) is 6.42 Å². The lowest BCUT2D eigenvalue weighted by Gasteiger charge is -2.38. The van der Waals surface area contributed by atoms with Gasteiger partial charge >= 0.3 is 5.97 Å². The molecule has 0 aliphatic carbocycles. The van der Waals surface area contributed by atoms with Crippen molar-refractivity contribution in [2.75, 3.05) is 6.61 Å². The monoisotopic (exact) mass is 304 g/mol. The molecule has 2 atom stereocenters. The number of esters is 1. The summed E-state index contributed by atoms with van der Waals surface area (Å²) in [4.78, 5) is 12.2. The van der Waals surface area contributed by atoms with E-state index in [0.717, 1.165) is 6.42 Å². The highest BCUT2D eigenvalue weighted by Gasteiger charge is 2.49. The Bertz CT molecular complexity index is 341. The van der Waals surface area contributed by atoms with E-state index < -0.39 is 23.3 Å². The molecule has 0 heterocycles. The van der Waals surface area contributed by atoms with E-state index in [4.69, 9.17) is 4.74 Å². The first-order valence-corrected chi connectivity index (χ1v) is 7.54. The zero-order valence-electron chi connectivity index (χ0n) is 14.4. The molecule has 0 saturated heterocycles. The van der Waals surface area contributed by atoms with Gasteiger partial charge in [-0.2, -0.15) is 0 Å². The quantitative estimate of drug-likeness (QED) is 0.495. The number of carbonyl (C=O) groups excluding carboxylic acids is 1. The molecule has 0 aromatic carbocycles. The van der Waals surface area contributed by atoms with Crippen molar-refractivity contribution in [1.29, 1.82) is 0 Å². The van der Waals surface area contributed by atoms with Crippen LogP contribution in [-0.2, 0) is 9.53 Å². The summed E-state index contributed by atoms with van der Waals surface area (Å²) in [5.74, 6) is -2.93. The molecule has 0 radical (unpaired) electrons. The second kappa shape index (κ2) is 7.07. The van der Waals surface area contributed by atoms with Crippen LogP contribution in [0.25, 0.3) is 0 Å². The topological polar surface area (TPSA) is 87.0 Å². The minimum atomic E-state index is -2.32. The Morgan fingerprint density at radius 2 is 1.62 bits per heavy atom. The van der Waals surface area contributed by atoms with Gasteiger partial charge < -0.3 is 20.1 Å². The molecule has 0 bridgehead atoms. The molecule has 3 N–H and O–H groups in total. The summed E-state index contributed by atoms with van der Waals surface area (Å²) in [6.07, 6.45) is -0.864. The van der Waals surface area contributed by atoms with Crippen molar-refractivity contribution in [3.05, 3.63) is 0 Å². The Hall–Kier alpha value is -0.650. The maximum Gasteiger partial charge on any atom is 0.314 e. The summed E-state index contributed by atoms with van der Waals surface area (Å²) >= 11 is 0. The van der Waals surface area contributed by atoms with E-state index in [1.54, 1.807) is 0 Å². The molecule has 0 fully saturated rings. The third-order valence-electron chi connectivity index (χ3n) is 3.63. The van der Waals surface area contributed by atoms with Gasteiger partial charge in [-0.3, -0.25) is 4.79 Å². The summed E-state index contributed by atoms with van der Waals surface area (Å²) in [6.45, 7) is 12.7. The highest BCUT2D eigenvalue weighted by Crippen LogP contribution is 2.33. The Labute approximate surface area is 128 Å². The number of carbonyl (C=O) groups is 1. The third kappa shape index (κ3) is 6.32. The first-order chi connectivity index (χ1) is 9.24. The van der Waals surface area contributed by atoms with Crippen LogP contribution in [0.3, 0.4) is 0 Å². The number of hydrogen-bond donors (Lipinski definition) is 3. The summed E-state index contributed by atoms with van der Waals surface area (Å²) in [7, 11) is 0. The zero-order chi connectivity index (χ0) is 17.1. The molecule has 0 aromatic heterocycles. The van der Waals surface area contributed by atoms with Crippen LogP contribution in [0, 0.1) is 16.7 Å². The van der Waals surface area contributed by atoms with Gasteiger partial charge in [-0.05, 0) is 25.2 Å². The average molecular weight is 304 g/mol. The molecule has 21 heavy (non-hydrogen) atoms. The van der Waals surface area contributed by atoms with E-state index in [2.05, 4.69) is 0 Å². The van der Waals surface area contributed by atoms with Crippen LogP contribution in [0.1, 0.15) is 61.3 Å². The van der Waals surface area contributed by atoms with E-state index in [9.17, 15) is 20.1 Å².